The molecule has 1 aliphatic carbocycles. The second-order valence-electron chi connectivity index (χ2n) is 5.09. The summed E-state index contributed by atoms with van der Waals surface area (Å²) in [7, 11) is 2.21. The lowest BCUT2D eigenvalue weighted by atomic mass is 9.90. The predicted octanol–water partition coefficient (Wildman–Crippen LogP) is 1.37. The van der Waals surface area contributed by atoms with Crippen LogP contribution in [0.25, 0.3) is 0 Å². The molecule has 2 fully saturated rings. The average molecular weight is 212 g/mol. The summed E-state index contributed by atoms with van der Waals surface area (Å²) in [6, 6.07) is 0.966. The van der Waals surface area contributed by atoms with Gasteiger partial charge in [0, 0.05) is 25.2 Å². The van der Waals surface area contributed by atoms with Crippen LogP contribution in [-0.4, -0.2) is 43.3 Å². The summed E-state index contributed by atoms with van der Waals surface area (Å²) < 4.78 is 5.67. The second kappa shape index (κ2) is 5.28. The number of likely N-dealkylation sites (N-methyl/N-ethyl adjacent to an activating group) is 1. The monoisotopic (exact) mass is 212 g/mol. The Morgan fingerprint density at radius 2 is 2.00 bits per heavy atom. The minimum atomic E-state index is 0.380. The van der Waals surface area contributed by atoms with Gasteiger partial charge in [-0.1, -0.05) is 12.8 Å². The first-order valence-electron chi connectivity index (χ1n) is 6.35. The lowest BCUT2D eigenvalue weighted by Gasteiger charge is -2.37. The molecule has 0 spiro atoms. The summed E-state index contributed by atoms with van der Waals surface area (Å²) in [6.07, 6.45) is 8.04. The molecule has 2 N–H and O–H groups in total. The van der Waals surface area contributed by atoms with Gasteiger partial charge >= 0.3 is 0 Å². The van der Waals surface area contributed by atoms with Gasteiger partial charge in [-0.2, -0.15) is 0 Å². The van der Waals surface area contributed by atoms with E-state index in [9.17, 15) is 0 Å². The van der Waals surface area contributed by atoms with E-state index in [2.05, 4.69) is 11.9 Å². The van der Waals surface area contributed by atoms with E-state index in [0.717, 1.165) is 13.2 Å². The Morgan fingerprint density at radius 3 is 2.67 bits per heavy atom. The molecular formula is C12H24N2O. The quantitative estimate of drug-likeness (QED) is 0.768. The van der Waals surface area contributed by atoms with Gasteiger partial charge in [0.15, 0.2) is 0 Å². The van der Waals surface area contributed by atoms with E-state index in [1.165, 1.54) is 38.5 Å². The molecule has 2 aliphatic rings. The van der Waals surface area contributed by atoms with Crippen molar-refractivity contribution in [1.29, 1.82) is 0 Å². The van der Waals surface area contributed by atoms with E-state index in [1.807, 2.05) is 0 Å². The van der Waals surface area contributed by atoms with Crippen LogP contribution in [0.15, 0.2) is 0 Å². The third-order valence-corrected chi connectivity index (χ3v) is 3.86. The van der Waals surface area contributed by atoms with Crippen molar-refractivity contribution in [3.63, 3.8) is 0 Å². The highest BCUT2D eigenvalue weighted by molar-refractivity contribution is 4.86. The summed E-state index contributed by atoms with van der Waals surface area (Å²) in [6.45, 7) is 2.02. The molecule has 2 rings (SSSR count). The van der Waals surface area contributed by atoms with Gasteiger partial charge in [-0.25, -0.2) is 0 Å². The Labute approximate surface area is 93.0 Å². The van der Waals surface area contributed by atoms with Crippen LogP contribution in [0.1, 0.15) is 38.5 Å². The fraction of sp³-hybridized carbons (Fsp3) is 1.00. The highest BCUT2D eigenvalue weighted by Gasteiger charge is 2.27. The molecule has 3 atom stereocenters. The van der Waals surface area contributed by atoms with Crippen LogP contribution in [-0.2, 0) is 4.74 Å². The van der Waals surface area contributed by atoms with Crippen molar-refractivity contribution < 1.29 is 4.74 Å². The molecule has 1 saturated carbocycles. The first kappa shape index (κ1) is 11.4. The van der Waals surface area contributed by atoms with Crippen molar-refractivity contribution in [3.05, 3.63) is 0 Å². The summed E-state index contributed by atoms with van der Waals surface area (Å²) in [5.74, 6) is 0. The molecule has 1 unspecified atom stereocenters. The van der Waals surface area contributed by atoms with Crippen molar-refractivity contribution in [3.8, 4) is 0 Å². The summed E-state index contributed by atoms with van der Waals surface area (Å²) in [4.78, 5) is 2.43. The van der Waals surface area contributed by atoms with Crippen molar-refractivity contribution in [2.24, 2.45) is 5.73 Å². The molecule has 1 aliphatic heterocycles. The highest BCUT2D eigenvalue weighted by atomic mass is 16.5. The van der Waals surface area contributed by atoms with Gasteiger partial charge in [0.1, 0.15) is 0 Å². The summed E-state index contributed by atoms with van der Waals surface area (Å²) >= 11 is 0. The maximum Gasteiger partial charge on any atom is 0.0702 e. The second-order valence-corrected chi connectivity index (χ2v) is 5.09. The number of nitrogens with two attached hydrogens (primary N) is 1. The van der Waals surface area contributed by atoms with Crippen molar-refractivity contribution in [2.45, 2.75) is 56.7 Å². The molecule has 0 amide bonds. The van der Waals surface area contributed by atoms with Crippen LogP contribution in [0.3, 0.4) is 0 Å². The molecule has 0 bridgehead atoms. The molecule has 15 heavy (non-hydrogen) atoms. The zero-order valence-corrected chi connectivity index (χ0v) is 9.82. The van der Waals surface area contributed by atoms with Gasteiger partial charge in [0.25, 0.3) is 0 Å². The number of rotatable bonds is 3. The Morgan fingerprint density at radius 1 is 1.20 bits per heavy atom. The number of nitrogens with zero attached hydrogens (tertiary/aromatic N) is 1. The Bertz CT molecular complexity index is 192. The number of hydrogen-bond donors (Lipinski definition) is 1. The molecule has 0 aromatic heterocycles. The smallest absolute Gasteiger partial charge is 0.0702 e. The fourth-order valence-corrected chi connectivity index (χ4v) is 2.93. The fourth-order valence-electron chi connectivity index (χ4n) is 2.93. The minimum Gasteiger partial charge on any atom is -0.377 e. The summed E-state index contributed by atoms with van der Waals surface area (Å²) in [5.41, 5.74) is 6.17. The van der Waals surface area contributed by atoms with Crippen LogP contribution in [0.5, 0.6) is 0 Å². The topological polar surface area (TPSA) is 38.5 Å². The molecular weight excluding hydrogens is 188 g/mol. The van der Waals surface area contributed by atoms with Crippen LogP contribution < -0.4 is 5.73 Å². The van der Waals surface area contributed by atoms with Crippen LogP contribution in [0.2, 0.25) is 0 Å². The minimum absolute atomic E-state index is 0.380. The number of hydrogen-bond acceptors (Lipinski definition) is 3. The van der Waals surface area contributed by atoms with Gasteiger partial charge < -0.3 is 10.5 Å². The van der Waals surface area contributed by atoms with Gasteiger partial charge in [-0.3, -0.25) is 4.90 Å². The summed E-state index contributed by atoms with van der Waals surface area (Å²) in [5, 5.41) is 0. The van der Waals surface area contributed by atoms with Crippen LogP contribution >= 0.6 is 0 Å². The first-order chi connectivity index (χ1) is 7.27. The van der Waals surface area contributed by atoms with Gasteiger partial charge in [0.2, 0.25) is 0 Å². The molecule has 1 heterocycles. The van der Waals surface area contributed by atoms with Crippen molar-refractivity contribution in [1.82, 2.24) is 4.90 Å². The molecule has 0 aromatic rings. The maximum absolute atomic E-state index is 6.17. The molecule has 88 valence electrons. The van der Waals surface area contributed by atoms with Crippen LogP contribution in [0, 0.1) is 0 Å². The molecule has 3 heteroatoms. The Hall–Kier alpha value is -0.120. The largest absolute Gasteiger partial charge is 0.377 e. The normalized spacial score (nSPS) is 37.4. The maximum atomic E-state index is 6.17. The molecule has 0 radical (unpaired) electrons. The molecule has 3 nitrogen and oxygen atoms in total. The van der Waals surface area contributed by atoms with Gasteiger partial charge in [0.05, 0.1) is 6.10 Å². The van der Waals surface area contributed by atoms with E-state index < -0.39 is 0 Å². The van der Waals surface area contributed by atoms with Gasteiger partial charge in [-0.15, -0.1) is 0 Å². The number of ether oxygens (including phenoxy) is 1. The van der Waals surface area contributed by atoms with E-state index in [0.29, 0.717) is 18.2 Å². The SMILES string of the molecule is CN(CC1CCCO1)[C@@H]1CCCC[C@H]1N. The Balaban J connectivity index is 1.80. The van der Waals surface area contributed by atoms with Gasteiger partial charge in [-0.05, 0) is 32.7 Å². The Kier molecular flexibility index (Phi) is 4.00. The average Bonchev–Trinajstić information content (AvgIpc) is 2.71. The third kappa shape index (κ3) is 2.92. The van der Waals surface area contributed by atoms with E-state index in [4.69, 9.17) is 10.5 Å². The van der Waals surface area contributed by atoms with Crippen molar-refractivity contribution in [2.75, 3.05) is 20.2 Å². The van der Waals surface area contributed by atoms with Crippen LogP contribution in [0.4, 0.5) is 0 Å². The lowest BCUT2D eigenvalue weighted by molar-refractivity contribution is 0.0565. The van der Waals surface area contributed by atoms with E-state index in [1.54, 1.807) is 0 Å². The molecule has 0 aromatic carbocycles. The lowest BCUT2D eigenvalue weighted by Crippen LogP contribution is -2.49. The van der Waals surface area contributed by atoms with E-state index in [-0.39, 0.29) is 0 Å². The first-order valence-corrected chi connectivity index (χ1v) is 6.35. The predicted molar refractivity (Wildman–Crippen MR) is 61.8 cm³/mol. The highest BCUT2D eigenvalue weighted by Crippen LogP contribution is 2.22. The molecule has 1 saturated heterocycles. The zero-order valence-electron chi connectivity index (χ0n) is 9.82. The third-order valence-electron chi connectivity index (χ3n) is 3.86. The van der Waals surface area contributed by atoms with E-state index >= 15 is 0 Å². The standard InChI is InChI=1S/C12H24N2O/c1-14(9-10-5-4-8-15-10)12-7-3-2-6-11(12)13/h10-12H,2-9,13H2,1H3/t10?,11-,12-/m1/s1. The zero-order chi connectivity index (χ0) is 10.7. The van der Waals surface area contributed by atoms with Crippen molar-refractivity contribution >= 4 is 0 Å².